The van der Waals surface area contributed by atoms with Crippen molar-refractivity contribution >= 4 is 16.6 Å². The van der Waals surface area contributed by atoms with Crippen molar-refractivity contribution in [1.82, 2.24) is 15.2 Å². The van der Waals surface area contributed by atoms with Gasteiger partial charge in [0.25, 0.3) is 0 Å². The molecule has 2 heterocycles. The normalized spacial score (nSPS) is 19.4. The fraction of sp³-hybridized carbons (Fsp3) is 0.458. The number of nitrogens with one attached hydrogen (secondary N) is 1. The Morgan fingerprint density at radius 1 is 1.03 bits per heavy atom. The molecule has 2 aromatic heterocycles. The monoisotopic (exact) mass is 390 g/mol. The molecular weight excluding hydrogens is 360 g/mol. The third-order valence-electron chi connectivity index (χ3n) is 6.20. The smallest absolute Gasteiger partial charge is 0.213 e. The maximum Gasteiger partial charge on any atom is 0.213 e. The number of aromatic nitrogens is 3. The number of ether oxygens (including phenoxy) is 1. The van der Waals surface area contributed by atoms with Crippen LogP contribution in [0.5, 0.6) is 5.88 Å². The van der Waals surface area contributed by atoms with Crippen molar-refractivity contribution in [3.8, 4) is 5.88 Å². The minimum absolute atomic E-state index is 0.484. The first-order valence-electron chi connectivity index (χ1n) is 10.6. The van der Waals surface area contributed by atoms with Gasteiger partial charge in [-0.1, -0.05) is 38.1 Å². The molecule has 0 radical (unpaired) electrons. The van der Waals surface area contributed by atoms with Crippen LogP contribution in [0.1, 0.15) is 50.8 Å². The van der Waals surface area contributed by atoms with Gasteiger partial charge in [0.1, 0.15) is 0 Å². The highest BCUT2D eigenvalue weighted by Gasteiger charge is 2.24. The van der Waals surface area contributed by atoms with E-state index in [-0.39, 0.29) is 0 Å². The Kier molecular flexibility index (Phi) is 5.93. The first-order chi connectivity index (χ1) is 14.1. The zero-order valence-electron chi connectivity index (χ0n) is 17.6. The molecule has 0 spiro atoms. The minimum atomic E-state index is 0.484. The summed E-state index contributed by atoms with van der Waals surface area (Å²) in [4.78, 5) is 4.19. The third-order valence-corrected chi connectivity index (χ3v) is 6.20. The Hall–Kier alpha value is -2.69. The van der Waals surface area contributed by atoms with E-state index in [4.69, 9.17) is 4.74 Å². The van der Waals surface area contributed by atoms with Gasteiger partial charge in [0, 0.05) is 35.5 Å². The molecule has 3 aromatic rings. The summed E-state index contributed by atoms with van der Waals surface area (Å²) in [5.41, 5.74) is 2.09. The number of hydrogen-bond acceptors (Lipinski definition) is 5. The zero-order valence-corrected chi connectivity index (χ0v) is 17.6. The highest BCUT2D eigenvalue weighted by molar-refractivity contribution is 5.93. The van der Waals surface area contributed by atoms with E-state index in [2.05, 4.69) is 58.6 Å². The number of anilines is 1. The molecule has 152 valence electrons. The van der Waals surface area contributed by atoms with Gasteiger partial charge in [-0.25, -0.2) is 4.98 Å². The van der Waals surface area contributed by atoms with Gasteiger partial charge in [-0.15, -0.1) is 5.10 Å². The fourth-order valence-electron chi connectivity index (χ4n) is 4.39. The van der Waals surface area contributed by atoms with Crippen molar-refractivity contribution in [2.24, 2.45) is 11.8 Å². The van der Waals surface area contributed by atoms with Gasteiger partial charge in [-0.2, -0.15) is 5.10 Å². The van der Waals surface area contributed by atoms with Crippen LogP contribution in [0.25, 0.3) is 10.8 Å². The lowest BCUT2D eigenvalue weighted by atomic mass is 9.80. The molecule has 1 aromatic carbocycles. The van der Waals surface area contributed by atoms with Crippen LogP contribution in [0.15, 0.2) is 42.6 Å². The van der Waals surface area contributed by atoms with E-state index < -0.39 is 0 Å². The lowest BCUT2D eigenvalue weighted by Gasteiger charge is -2.31. The van der Waals surface area contributed by atoms with Crippen molar-refractivity contribution in [3.63, 3.8) is 0 Å². The standard InChI is InChI=1S/C24H30N4O/c1-16(2)18-8-10-19(11-9-18)26-24-21-7-5-4-6-20(21)22(27-28-24)14-17-12-13-25-23(15-17)29-3/h4-7,12-13,15-16,18-19H,8-11,14H2,1-3H3,(H,26,28). The van der Waals surface area contributed by atoms with Crippen LogP contribution in [-0.2, 0) is 6.42 Å². The van der Waals surface area contributed by atoms with Crippen LogP contribution in [0.4, 0.5) is 5.82 Å². The van der Waals surface area contributed by atoms with Gasteiger partial charge >= 0.3 is 0 Å². The molecule has 5 heteroatoms. The van der Waals surface area contributed by atoms with Crippen molar-refractivity contribution in [1.29, 1.82) is 0 Å². The Morgan fingerprint density at radius 3 is 2.52 bits per heavy atom. The van der Waals surface area contributed by atoms with E-state index in [0.29, 0.717) is 18.3 Å². The first-order valence-corrected chi connectivity index (χ1v) is 10.6. The van der Waals surface area contributed by atoms with Gasteiger partial charge in [0.05, 0.1) is 12.8 Å². The SMILES string of the molecule is COc1cc(Cc2nnc(NC3CCC(C(C)C)CC3)c3ccccc23)ccn1. The van der Waals surface area contributed by atoms with E-state index in [1.165, 1.54) is 25.7 Å². The lowest BCUT2D eigenvalue weighted by molar-refractivity contribution is 0.266. The highest BCUT2D eigenvalue weighted by atomic mass is 16.5. The predicted molar refractivity (Wildman–Crippen MR) is 117 cm³/mol. The Bertz CT molecular complexity index is 964. The average molecular weight is 391 g/mol. The number of rotatable bonds is 6. The van der Waals surface area contributed by atoms with Gasteiger partial charge in [-0.05, 0) is 49.1 Å². The molecule has 0 bridgehead atoms. The molecule has 1 saturated carbocycles. The largest absolute Gasteiger partial charge is 0.481 e. The second-order valence-electron chi connectivity index (χ2n) is 8.42. The molecule has 0 amide bonds. The molecule has 4 rings (SSSR count). The van der Waals surface area contributed by atoms with E-state index >= 15 is 0 Å². The Morgan fingerprint density at radius 2 is 1.79 bits per heavy atom. The number of methoxy groups -OCH3 is 1. The number of hydrogen-bond donors (Lipinski definition) is 1. The van der Waals surface area contributed by atoms with Crippen LogP contribution in [0, 0.1) is 11.8 Å². The minimum Gasteiger partial charge on any atom is -0.481 e. The summed E-state index contributed by atoms with van der Waals surface area (Å²) in [6.45, 7) is 4.68. The summed E-state index contributed by atoms with van der Waals surface area (Å²) in [6.07, 6.45) is 7.47. The van der Waals surface area contributed by atoms with Crippen molar-refractivity contribution < 1.29 is 4.74 Å². The molecule has 5 nitrogen and oxygen atoms in total. The summed E-state index contributed by atoms with van der Waals surface area (Å²) in [6, 6.07) is 12.9. The summed E-state index contributed by atoms with van der Waals surface area (Å²) in [7, 11) is 1.64. The highest BCUT2D eigenvalue weighted by Crippen LogP contribution is 2.32. The molecule has 1 N–H and O–H groups in total. The fourth-order valence-corrected chi connectivity index (χ4v) is 4.39. The molecule has 0 atom stereocenters. The summed E-state index contributed by atoms with van der Waals surface area (Å²) >= 11 is 0. The topological polar surface area (TPSA) is 59.9 Å². The van der Waals surface area contributed by atoms with E-state index in [9.17, 15) is 0 Å². The number of pyridine rings is 1. The maximum atomic E-state index is 5.25. The van der Waals surface area contributed by atoms with E-state index in [1.54, 1.807) is 13.3 Å². The van der Waals surface area contributed by atoms with Crippen LogP contribution in [0.2, 0.25) is 0 Å². The Balaban J connectivity index is 1.55. The third kappa shape index (κ3) is 4.50. The molecule has 0 saturated heterocycles. The van der Waals surface area contributed by atoms with Gasteiger partial charge in [-0.3, -0.25) is 0 Å². The van der Waals surface area contributed by atoms with E-state index in [0.717, 1.165) is 39.7 Å². The van der Waals surface area contributed by atoms with E-state index in [1.807, 2.05) is 12.1 Å². The number of nitrogens with zero attached hydrogens (tertiary/aromatic N) is 3. The van der Waals surface area contributed by atoms with Gasteiger partial charge in [0.15, 0.2) is 5.82 Å². The van der Waals surface area contributed by atoms with Crippen LogP contribution in [0.3, 0.4) is 0 Å². The maximum absolute atomic E-state index is 5.25. The lowest BCUT2D eigenvalue weighted by Crippen LogP contribution is -2.28. The predicted octanol–water partition coefficient (Wildman–Crippen LogP) is 5.25. The quantitative estimate of drug-likeness (QED) is 0.623. The summed E-state index contributed by atoms with van der Waals surface area (Å²) in [5, 5.41) is 15.2. The second-order valence-corrected chi connectivity index (χ2v) is 8.42. The van der Waals surface area contributed by atoms with Crippen LogP contribution in [-0.4, -0.2) is 28.3 Å². The molecule has 1 aliphatic rings. The van der Waals surface area contributed by atoms with Crippen LogP contribution < -0.4 is 10.1 Å². The van der Waals surface area contributed by atoms with Crippen molar-refractivity contribution in [2.45, 2.75) is 52.0 Å². The number of fused-ring (bicyclic) bond motifs is 1. The first kappa shape index (κ1) is 19.6. The number of benzene rings is 1. The summed E-state index contributed by atoms with van der Waals surface area (Å²) in [5.74, 6) is 3.16. The molecule has 1 aliphatic carbocycles. The zero-order chi connectivity index (χ0) is 20.2. The molecule has 1 fully saturated rings. The van der Waals surface area contributed by atoms with Crippen LogP contribution >= 0.6 is 0 Å². The van der Waals surface area contributed by atoms with Gasteiger partial charge < -0.3 is 10.1 Å². The van der Waals surface area contributed by atoms with Crippen molar-refractivity contribution in [2.75, 3.05) is 12.4 Å². The molecule has 29 heavy (non-hydrogen) atoms. The molecule has 0 unspecified atom stereocenters. The molecule has 0 aliphatic heterocycles. The van der Waals surface area contributed by atoms with Crippen molar-refractivity contribution in [3.05, 3.63) is 53.9 Å². The Labute approximate surface area is 172 Å². The second kappa shape index (κ2) is 8.76. The molecular formula is C24H30N4O. The summed E-state index contributed by atoms with van der Waals surface area (Å²) < 4.78 is 5.25. The van der Waals surface area contributed by atoms with Gasteiger partial charge in [0.2, 0.25) is 5.88 Å². The average Bonchev–Trinajstić information content (AvgIpc) is 2.76.